The van der Waals surface area contributed by atoms with Crippen LogP contribution in [0.15, 0.2) is 28.6 Å². The van der Waals surface area contributed by atoms with E-state index in [-0.39, 0.29) is 12.0 Å². The lowest BCUT2D eigenvalue weighted by Gasteiger charge is -2.08. The molecular weight excluding hydrogens is 356 g/mol. The highest BCUT2D eigenvalue weighted by atomic mass is 32.2. The largest absolute Gasteiger partial charge is 0.376 e. The zero-order valence-corrected chi connectivity index (χ0v) is 15.8. The molecule has 3 rings (SSSR count). The normalized spacial score (nSPS) is 16.8. The van der Waals surface area contributed by atoms with Gasteiger partial charge in [-0.25, -0.2) is 0 Å². The topological polar surface area (TPSA) is 76.1 Å². The molecule has 1 aliphatic rings. The highest BCUT2D eigenvalue weighted by molar-refractivity contribution is 8.01. The summed E-state index contributed by atoms with van der Waals surface area (Å²) in [6.07, 6.45) is 2.49. The van der Waals surface area contributed by atoms with Crippen molar-refractivity contribution in [3.63, 3.8) is 0 Å². The number of ether oxygens (including phenoxy) is 1. The average Bonchev–Trinajstić information content (AvgIpc) is 3.29. The van der Waals surface area contributed by atoms with Crippen LogP contribution in [0.5, 0.6) is 0 Å². The minimum absolute atomic E-state index is 0.00496. The molecule has 1 aromatic heterocycles. The molecule has 1 amide bonds. The lowest BCUT2D eigenvalue weighted by molar-refractivity contribution is -0.118. The number of carbonyl (C=O) groups is 1. The maximum absolute atomic E-state index is 12.0. The highest BCUT2D eigenvalue weighted by Crippen LogP contribution is 2.25. The van der Waals surface area contributed by atoms with Crippen LogP contribution in [-0.4, -0.2) is 41.1 Å². The number of nitrogens with zero attached hydrogens (tertiary/aromatic N) is 2. The summed E-state index contributed by atoms with van der Waals surface area (Å²) in [4.78, 5) is 12.0. The molecule has 6 nitrogen and oxygen atoms in total. The Bertz CT molecular complexity index is 684. The first-order valence-electron chi connectivity index (χ1n) is 8.33. The van der Waals surface area contributed by atoms with Crippen LogP contribution < -0.4 is 10.6 Å². The fraction of sp³-hybridized carbons (Fsp3) is 0.471. The van der Waals surface area contributed by atoms with Crippen LogP contribution in [0.2, 0.25) is 0 Å². The van der Waals surface area contributed by atoms with Crippen LogP contribution in [0.3, 0.4) is 0 Å². The molecule has 2 aromatic rings. The van der Waals surface area contributed by atoms with Gasteiger partial charge in [-0.2, -0.15) is 0 Å². The molecule has 2 N–H and O–H groups in total. The summed E-state index contributed by atoms with van der Waals surface area (Å²) < 4.78 is 6.36. The van der Waals surface area contributed by atoms with Gasteiger partial charge in [0.25, 0.3) is 0 Å². The first kappa shape index (κ1) is 18.2. The molecule has 0 saturated carbocycles. The van der Waals surface area contributed by atoms with Gasteiger partial charge in [-0.15, -0.1) is 10.2 Å². The lowest BCUT2D eigenvalue weighted by atomic mass is 10.1. The van der Waals surface area contributed by atoms with Gasteiger partial charge in [0.1, 0.15) is 0 Å². The number of aryl methyl sites for hydroxylation is 1. The Hall–Kier alpha value is -1.64. The van der Waals surface area contributed by atoms with Crippen LogP contribution in [0, 0.1) is 6.92 Å². The van der Waals surface area contributed by atoms with Crippen LogP contribution in [-0.2, 0) is 16.1 Å². The molecular formula is C17H22N4O2S2. The summed E-state index contributed by atoms with van der Waals surface area (Å²) in [5.41, 5.74) is 2.31. The van der Waals surface area contributed by atoms with Crippen LogP contribution >= 0.6 is 23.1 Å². The first-order chi connectivity index (χ1) is 12.2. The van der Waals surface area contributed by atoms with Crippen molar-refractivity contribution in [3.05, 3.63) is 35.4 Å². The van der Waals surface area contributed by atoms with E-state index in [1.54, 1.807) is 0 Å². The summed E-state index contributed by atoms with van der Waals surface area (Å²) >= 11 is 2.88. The molecule has 1 fully saturated rings. The number of anilines is 1. The Morgan fingerprint density at radius 1 is 1.36 bits per heavy atom. The van der Waals surface area contributed by atoms with E-state index in [4.69, 9.17) is 4.74 Å². The molecule has 1 atom stereocenters. The van der Waals surface area contributed by atoms with Gasteiger partial charge in [0.05, 0.1) is 11.9 Å². The van der Waals surface area contributed by atoms with E-state index in [0.717, 1.165) is 41.0 Å². The van der Waals surface area contributed by atoms with Gasteiger partial charge in [0, 0.05) is 19.7 Å². The van der Waals surface area contributed by atoms with Gasteiger partial charge < -0.3 is 15.4 Å². The minimum atomic E-state index is -0.00496. The number of rotatable bonds is 8. The fourth-order valence-corrected chi connectivity index (χ4v) is 4.02. The standard InChI is InChI=1S/C17H22N4O2S2/c1-12-4-6-13(7-5-12)9-18-15(22)11-24-17-21-20-16(25-17)19-10-14-3-2-8-23-14/h4-7,14H,2-3,8-11H2,1H3,(H,18,22)(H,19,20)/t14-/m0/s1. The van der Waals surface area contributed by atoms with E-state index < -0.39 is 0 Å². The van der Waals surface area contributed by atoms with E-state index >= 15 is 0 Å². The number of thioether (sulfide) groups is 1. The van der Waals surface area contributed by atoms with Crippen molar-refractivity contribution in [1.29, 1.82) is 0 Å². The van der Waals surface area contributed by atoms with Crippen LogP contribution in [0.1, 0.15) is 24.0 Å². The van der Waals surface area contributed by atoms with Crippen molar-refractivity contribution >= 4 is 34.1 Å². The molecule has 1 aliphatic heterocycles. The summed E-state index contributed by atoms with van der Waals surface area (Å²) in [6.45, 7) is 4.20. The number of amides is 1. The summed E-state index contributed by atoms with van der Waals surface area (Å²) in [6, 6.07) is 8.14. The predicted octanol–water partition coefficient (Wildman–Crippen LogP) is 2.85. The van der Waals surface area contributed by atoms with Crippen molar-refractivity contribution < 1.29 is 9.53 Å². The summed E-state index contributed by atoms with van der Waals surface area (Å²) in [5.74, 6) is 0.335. The number of nitrogens with one attached hydrogen (secondary N) is 2. The number of aromatic nitrogens is 2. The van der Waals surface area contributed by atoms with Gasteiger partial charge in [-0.1, -0.05) is 52.9 Å². The van der Waals surface area contributed by atoms with Gasteiger partial charge >= 0.3 is 0 Å². The maximum atomic E-state index is 12.0. The molecule has 25 heavy (non-hydrogen) atoms. The Labute approximate surface area is 155 Å². The zero-order chi connectivity index (χ0) is 17.5. The third kappa shape index (κ3) is 5.98. The van der Waals surface area contributed by atoms with Crippen molar-refractivity contribution in [3.8, 4) is 0 Å². The Morgan fingerprint density at radius 3 is 2.96 bits per heavy atom. The quantitative estimate of drug-likeness (QED) is 0.688. The molecule has 0 unspecified atom stereocenters. The van der Waals surface area contributed by atoms with E-state index in [9.17, 15) is 4.79 Å². The van der Waals surface area contributed by atoms with Crippen molar-refractivity contribution in [2.24, 2.45) is 0 Å². The molecule has 134 valence electrons. The van der Waals surface area contributed by atoms with Crippen LogP contribution in [0.25, 0.3) is 0 Å². The molecule has 0 spiro atoms. The van der Waals surface area contributed by atoms with Crippen molar-refractivity contribution in [2.75, 3.05) is 24.2 Å². The summed E-state index contributed by atoms with van der Waals surface area (Å²) in [7, 11) is 0. The second-order valence-electron chi connectivity index (χ2n) is 5.94. The molecule has 0 aliphatic carbocycles. The average molecular weight is 379 g/mol. The number of carbonyl (C=O) groups excluding carboxylic acids is 1. The minimum Gasteiger partial charge on any atom is -0.376 e. The van der Waals surface area contributed by atoms with E-state index in [0.29, 0.717) is 12.3 Å². The fourth-order valence-electron chi connectivity index (χ4n) is 2.43. The first-order valence-corrected chi connectivity index (χ1v) is 10.1. The highest BCUT2D eigenvalue weighted by Gasteiger charge is 2.16. The Kier molecular flexibility index (Phi) is 6.66. The Balaban J connectivity index is 1.36. The Morgan fingerprint density at radius 2 is 2.20 bits per heavy atom. The van der Waals surface area contributed by atoms with Gasteiger partial charge in [-0.05, 0) is 25.3 Å². The van der Waals surface area contributed by atoms with E-state index in [2.05, 4.69) is 20.8 Å². The third-order valence-corrected chi connectivity index (χ3v) is 5.86. The molecule has 8 heteroatoms. The monoisotopic (exact) mass is 378 g/mol. The van der Waals surface area contributed by atoms with E-state index in [1.807, 2.05) is 31.2 Å². The van der Waals surface area contributed by atoms with Crippen LogP contribution in [0.4, 0.5) is 5.13 Å². The SMILES string of the molecule is Cc1ccc(CNC(=O)CSc2nnc(NC[C@@H]3CCCO3)s2)cc1. The van der Waals surface area contributed by atoms with Gasteiger partial charge in [-0.3, -0.25) is 4.79 Å². The number of benzene rings is 1. The van der Waals surface area contributed by atoms with E-state index in [1.165, 1.54) is 28.7 Å². The second kappa shape index (κ2) is 9.17. The smallest absolute Gasteiger partial charge is 0.230 e. The molecule has 0 bridgehead atoms. The maximum Gasteiger partial charge on any atom is 0.230 e. The van der Waals surface area contributed by atoms with Gasteiger partial charge in [0.2, 0.25) is 11.0 Å². The lowest BCUT2D eigenvalue weighted by Crippen LogP contribution is -2.24. The number of hydrogen-bond acceptors (Lipinski definition) is 7. The van der Waals surface area contributed by atoms with Crippen molar-refractivity contribution in [2.45, 2.75) is 36.8 Å². The van der Waals surface area contributed by atoms with Crippen molar-refractivity contribution in [1.82, 2.24) is 15.5 Å². The molecule has 1 aromatic carbocycles. The predicted molar refractivity (Wildman–Crippen MR) is 101 cm³/mol. The second-order valence-corrected chi connectivity index (χ2v) is 8.14. The summed E-state index contributed by atoms with van der Waals surface area (Å²) in [5, 5.41) is 15.2. The molecule has 1 saturated heterocycles. The van der Waals surface area contributed by atoms with Gasteiger partial charge in [0.15, 0.2) is 4.34 Å². The molecule has 0 radical (unpaired) electrons. The molecule has 2 heterocycles. The number of hydrogen-bond donors (Lipinski definition) is 2. The third-order valence-electron chi connectivity index (χ3n) is 3.85. The zero-order valence-electron chi connectivity index (χ0n) is 14.2.